The van der Waals surface area contributed by atoms with Crippen LogP contribution in [0.2, 0.25) is 5.02 Å². The van der Waals surface area contributed by atoms with E-state index in [0.717, 1.165) is 0 Å². The number of nitrogens with zero attached hydrogens (tertiary/aromatic N) is 4. The van der Waals surface area contributed by atoms with Gasteiger partial charge in [0, 0.05) is 41.9 Å². The number of hydrogen-bond acceptors (Lipinski definition) is 7. The molecule has 1 atom stereocenters. The molecule has 2 aromatic heterocycles. The van der Waals surface area contributed by atoms with Crippen molar-refractivity contribution in [2.24, 2.45) is 0 Å². The Morgan fingerprint density at radius 3 is 2.69 bits per heavy atom. The van der Waals surface area contributed by atoms with Gasteiger partial charge in [0.05, 0.1) is 0 Å². The normalized spacial score (nSPS) is 16.8. The zero-order chi connectivity index (χ0) is 25.2. The van der Waals surface area contributed by atoms with E-state index < -0.39 is 24.2 Å². The summed E-state index contributed by atoms with van der Waals surface area (Å²) in [6.07, 6.45) is 2.87. The van der Waals surface area contributed by atoms with Crippen molar-refractivity contribution in [1.82, 2.24) is 24.8 Å². The van der Waals surface area contributed by atoms with Gasteiger partial charge in [-0.25, -0.2) is 18.7 Å². The Hall–Kier alpha value is -3.15. The summed E-state index contributed by atoms with van der Waals surface area (Å²) < 4.78 is 28.4. The molecule has 1 aliphatic rings. The van der Waals surface area contributed by atoms with Crippen LogP contribution in [0, 0.1) is 6.92 Å². The van der Waals surface area contributed by atoms with Gasteiger partial charge >= 0.3 is 0 Å². The van der Waals surface area contributed by atoms with Crippen molar-refractivity contribution in [3.8, 4) is 5.82 Å². The van der Waals surface area contributed by atoms with Gasteiger partial charge in [0.1, 0.15) is 23.9 Å². The number of benzene rings is 1. The first-order valence-corrected chi connectivity index (χ1v) is 11.4. The Bertz CT molecular complexity index is 1200. The average Bonchev–Trinajstić information content (AvgIpc) is 3.30. The number of rotatable bonds is 7. The fraction of sp³-hybridized carbons (Fsp3) is 0.391. The summed E-state index contributed by atoms with van der Waals surface area (Å²) in [5.74, 6) is -2.49. The molecule has 2 heterocycles. The minimum Gasteiger partial charge on any atom is -0.366 e. The van der Waals surface area contributed by atoms with Gasteiger partial charge in [-0.15, -0.1) is 0 Å². The molecule has 0 radical (unpaired) electrons. The predicted octanol–water partition coefficient (Wildman–Crippen LogP) is 3.40. The molecule has 1 aliphatic carbocycles. The van der Waals surface area contributed by atoms with Crippen LogP contribution in [0.15, 0.2) is 43.0 Å². The van der Waals surface area contributed by atoms with Gasteiger partial charge < -0.3 is 20.8 Å². The van der Waals surface area contributed by atoms with Crippen molar-refractivity contribution < 1.29 is 23.8 Å². The van der Waals surface area contributed by atoms with Crippen molar-refractivity contribution in [2.45, 2.75) is 56.9 Å². The third-order valence-corrected chi connectivity index (χ3v) is 6.08. The van der Waals surface area contributed by atoms with E-state index >= 15 is 0 Å². The molecule has 1 aromatic carbocycles. The lowest BCUT2D eigenvalue weighted by atomic mass is 9.92. The van der Waals surface area contributed by atoms with E-state index in [4.69, 9.17) is 11.6 Å². The lowest BCUT2D eigenvalue weighted by Crippen LogP contribution is -2.36. The van der Waals surface area contributed by atoms with E-state index in [1.165, 1.54) is 23.2 Å². The summed E-state index contributed by atoms with van der Waals surface area (Å²) in [7, 11) is 0. The van der Waals surface area contributed by atoms with Crippen molar-refractivity contribution in [2.75, 3.05) is 5.32 Å². The Kier molecular flexibility index (Phi) is 7.29. The first kappa shape index (κ1) is 25.0. The third kappa shape index (κ3) is 6.11. The monoisotopic (exact) mass is 506 g/mol. The first-order chi connectivity index (χ1) is 16.6. The van der Waals surface area contributed by atoms with Crippen molar-refractivity contribution in [1.29, 1.82) is 0 Å². The molecule has 9 nitrogen and oxygen atoms in total. The Morgan fingerprint density at radius 1 is 1.26 bits per heavy atom. The molecule has 4 N–H and O–H groups in total. The minimum atomic E-state index is -2.62. The Morgan fingerprint density at radius 2 is 2.00 bits per heavy atom. The second-order valence-electron chi connectivity index (χ2n) is 8.56. The number of amides is 1. The Labute approximate surface area is 205 Å². The van der Waals surface area contributed by atoms with Gasteiger partial charge in [-0.2, -0.15) is 4.98 Å². The number of hydrogen-bond donors (Lipinski definition) is 4. The second-order valence-corrected chi connectivity index (χ2v) is 9.00. The van der Waals surface area contributed by atoms with E-state index in [1.807, 2.05) is 0 Å². The maximum atomic E-state index is 13.4. The van der Waals surface area contributed by atoms with Gasteiger partial charge in [-0.3, -0.25) is 9.36 Å². The predicted molar refractivity (Wildman–Crippen MR) is 125 cm³/mol. The first-order valence-electron chi connectivity index (χ1n) is 11.1. The van der Waals surface area contributed by atoms with Crippen molar-refractivity contribution >= 4 is 23.5 Å². The van der Waals surface area contributed by atoms with E-state index in [2.05, 4.69) is 25.6 Å². The smallest absolute Gasteiger partial charge is 0.272 e. The van der Waals surface area contributed by atoms with Crippen LogP contribution in [-0.4, -0.2) is 53.9 Å². The summed E-state index contributed by atoms with van der Waals surface area (Å²) in [6.45, 7) is 1.79. The molecular formula is C23H25ClF2N6O3. The van der Waals surface area contributed by atoms with Crippen LogP contribution in [-0.2, 0) is 0 Å². The van der Waals surface area contributed by atoms with Crippen molar-refractivity contribution in [3.05, 3.63) is 64.8 Å². The zero-order valence-corrected chi connectivity index (χ0v) is 19.6. The SMILES string of the molecule is Cc1cnc(NC2CCC(F)(F)CC2)nc1-n1cnc(C(=O)N[C@@H](c2cccc(Cl)c2)C(O)O)c1. The van der Waals surface area contributed by atoms with Gasteiger partial charge in [0.2, 0.25) is 11.9 Å². The van der Waals surface area contributed by atoms with Gasteiger partial charge in [-0.1, -0.05) is 23.7 Å². The highest BCUT2D eigenvalue weighted by Gasteiger charge is 2.35. The lowest BCUT2D eigenvalue weighted by molar-refractivity contribution is -0.0661. The molecule has 1 saturated carbocycles. The van der Waals surface area contributed by atoms with Crippen LogP contribution in [0.1, 0.15) is 53.3 Å². The van der Waals surface area contributed by atoms with Crippen LogP contribution in [0.3, 0.4) is 0 Å². The summed E-state index contributed by atoms with van der Waals surface area (Å²) >= 11 is 5.98. The molecule has 0 spiro atoms. The molecule has 0 saturated heterocycles. The maximum absolute atomic E-state index is 13.4. The molecule has 0 unspecified atom stereocenters. The molecule has 0 bridgehead atoms. The van der Waals surface area contributed by atoms with E-state index in [0.29, 0.717) is 40.8 Å². The number of anilines is 1. The quantitative estimate of drug-likeness (QED) is 0.362. The number of alkyl halides is 2. The summed E-state index contributed by atoms with van der Waals surface area (Å²) in [5.41, 5.74) is 1.15. The molecule has 186 valence electrons. The number of carbonyl (C=O) groups is 1. The zero-order valence-electron chi connectivity index (χ0n) is 18.8. The lowest BCUT2D eigenvalue weighted by Gasteiger charge is -2.28. The maximum Gasteiger partial charge on any atom is 0.272 e. The molecule has 3 aromatic rings. The molecule has 1 amide bonds. The molecule has 12 heteroatoms. The van der Waals surface area contributed by atoms with E-state index in [9.17, 15) is 23.8 Å². The summed E-state index contributed by atoms with van der Waals surface area (Å²) in [5, 5.41) is 25.6. The Balaban J connectivity index is 1.48. The topological polar surface area (TPSA) is 125 Å². The number of aliphatic hydroxyl groups excluding tert-OH is 1. The van der Waals surface area contributed by atoms with E-state index in [1.54, 1.807) is 31.3 Å². The second kappa shape index (κ2) is 10.2. The molecule has 1 fully saturated rings. The number of imidazole rings is 1. The van der Waals surface area contributed by atoms with Crippen molar-refractivity contribution in [3.63, 3.8) is 0 Å². The third-order valence-electron chi connectivity index (χ3n) is 5.85. The fourth-order valence-corrected chi connectivity index (χ4v) is 4.13. The number of aryl methyl sites for hydroxylation is 1. The van der Waals surface area contributed by atoms with Crippen LogP contribution in [0.5, 0.6) is 0 Å². The molecule has 0 aliphatic heterocycles. The number of nitrogens with one attached hydrogen (secondary N) is 2. The highest BCUT2D eigenvalue weighted by Crippen LogP contribution is 2.34. The van der Waals surface area contributed by atoms with Gasteiger partial charge in [0.15, 0.2) is 6.29 Å². The highest BCUT2D eigenvalue weighted by atomic mass is 35.5. The number of halogens is 3. The average molecular weight is 507 g/mol. The summed E-state index contributed by atoms with van der Waals surface area (Å²) in [6, 6.07) is 5.13. The number of aromatic nitrogens is 4. The fourth-order valence-electron chi connectivity index (χ4n) is 3.93. The van der Waals surface area contributed by atoms with Gasteiger partial charge in [0.25, 0.3) is 5.91 Å². The molecule has 4 rings (SSSR count). The molecule has 35 heavy (non-hydrogen) atoms. The highest BCUT2D eigenvalue weighted by molar-refractivity contribution is 6.30. The standard InChI is InChI=1S/C23H25ClF2N6O3/c1-13-10-27-22(29-16-5-7-23(25,26)8-6-16)31-19(13)32-11-17(28-12-32)20(33)30-18(21(34)35)14-3-2-4-15(24)9-14/h2-4,9-12,16,18,21,34-35H,5-8H2,1H3,(H,30,33)(H,27,29,31)/t18-/m0/s1. The van der Waals surface area contributed by atoms with Crippen LogP contribution in [0.25, 0.3) is 5.82 Å². The number of aliphatic hydroxyl groups is 2. The van der Waals surface area contributed by atoms with Crippen LogP contribution in [0.4, 0.5) is 14.7 Å². The largest absolute Gasteiger partial charge is 0.366 e. The molecular weight excluding hydrogens is 482 g/mol. The van der Waals surface area contributed by atoms with E-state index in [-0.39, 0.29) is 24.6 Å². The van der Waals surface area contributed by atoms with Crippen LogP contribution < -0.4 is 10.6 Å². The van der Waals surface area contributed by atoms with Crippen LogP contribution >= 0.6 is 11.6 Å². The minimum absolute atomic E-state index is 0.0275. The number of carbonyl (C=O) groups excluding carboxylic acids is 1. The summed E-state index contributed by atoms with van der Waals surface area (Å²) in [4.78, 5) is 25.6. The van der Waals surface area contributed by atoms with Gasteiger partial charge in [-0.05, 0) is 37.5 Å².